The smallest absolute Gasteiger partial charge is 0.283 e. The highest BCUT2D eigenvalue weighted by molar-refractivity contribution is 6.03. The van der Waals surface area contributed by atoms with Crippen LogP contribution in [0.15, 0.2) is 53.5 Å². The van der Waals surface area contributed by atoms with Gasteiger partial charge in [-0.05, 0) is 57.9 Å². The SMILES string of the molecule is CCN=C(N(C)c1ccccc1C)[N+](C)(c1cccc(C)c1)C(C)C. The van der Waals surface area contributed by atoms with Crippen molar-refractivity contribution in [2.24, 2.45) is 4.99 Å². The van der Waals surface area contributed by atoms with Crippen LogP contribution in [0.4, 0.5) is 11.4 Å². The fraction of sp³-hybridized carbons (Fsp3) is 0.409. The largest absolute Gasteiger partial charge is 0.309 e. The second kappa shape index (κ2) is 7.83. The fourth-order valence-electron chi connectivity index (χ4n) is 3.31. The summed E-state index contributed by atoms with van der Waals surface area (Å²) in [6, 6.07) is 17.6. The molecule has 3 heteroatoms. The highest BCUT2D eigenvalue weighted by Crippen LogP contribution is 2.30. The van der Waals surface area contributed by atoms with E-state index in [0.29, 0.717) is 10.5 Å². The molecule has 0 N–H and O–H groups in total. The van der Waals surface area contributed by atoms with Gasteiger partial charge in [0.15, 0.2) is 0 Å². The molecule has 0 spiro atoms. The molecule has 2 rings (SSSR count). The van der Waals surface area contributed by atoms with Crippen molar-refractivity contribution >= 4 is 17.3 Å². The van der Waals surface area contributed by atoms with E-state index in [0.717, 1.165) is 12.5 Å². The first kappa shape index (κ1) is 19.2. The van der Waals surface area contributed by atoms with Crippen molar-refractivity contribution in [2.75, 3.05) is 25.5 Å². The molecule has 0 aromatic heterocycles. The maximum absolute atomic E-state index is 4.96. The molecular formula is C22H32N3+. The molecule has 0 aliphatic carbocycles. The summed E-state index contributed by atoms with van der Waals surface area (Å²) in [5.74, 6) is 1.07. The lowest BCUT2D eigenvalue weighted by Gasteiger charge is -2.41. The summed E-state index contributed by atoms with van der Waals surface area (Å²) >= 11 is 0. The first-order valence-corrected chi connectivity index (χ1v) is 9.10. The van der Waals surface area contributed by atoms with Gasteiger partial charge >= 0.3 is 5.96 Å². The van der Waals surface area contributed by atoms with Crippen LogP contribution >= 0.6 is 0 Å². The third-order valence-corrected chi connectivity index (χ3v) is 5.06. The van der Waals surface area contributed by atoms with Crippen molar-refractivity contribution in [2.45, 2.75) is 40.7 Å². The van der Waals surface area contributed by atoms with Gasteiger partial charge in [0.1, 0.15) is 5.69 Å². The molecule has 134 valence electrons. The van der Waals surface area contributed by atoms with E-state index in [1.54, 1.807) is 0 Å². The van der Waals surface area contributed by atoms with Crippen LogP contribution in [0.5, 0.6) is 0 Å². The normalized spacial score (nSPS) is 14.5. The third kappa shape index (κ3) is 3.77. The van der Waals surface area contributed by atoms with E-state index in [9.17, 15) is 0 Å². The number of benzene rings is 2. The number of anilines is 1. The van der Waals surface area contributed by atoms with Crippen LogP contribution in [0.2, 0.25) is 0 Å². The van der Waals surface area contributed by atoms with Crippen LogP contribution in [0.25, 0.3) is 0 Å². The Kier molecular flexibility index (Phi) is 6.02. The predicted octanol–water partition coefficient (Wildman–Crippen LogP) is 5.16. The number of hydrogen-bond acceptors (Lipinski definition) is 1. The van der Waals surface area contributed by atoms with Crippen LogP contribution in [-0.2, 0) is 0 Å². The molecule has 0 aliphatic rings. The Bertz CT molecular complexity index is 748. The Morgan fingerprint density at radius 2 is 1.76 bits per heavy atom. The lowest BCUT2D eigenvalue weighted by Crippen LogP contribution is -2.61. The highest BCUT2D eigenvalue weighted by Gasteiger charge is 2.39. The summed E-state index contributed by atoms with van der Waals surface area (Å²) < 4.78 is 0.667. The van der Waals surface area contributed by atoms with E-state index in [-0.39, 0.29) is 0 Å². The standard InChI is InChI=1S/C22H32N3/c1-8-23-22(24(6)21-15-10-9-13-19(21)5)25(7,17(2)3)20-14-11-12-18(4)16-20/h9-17H,8H2,1-7H3/q+1. The maximum atomic E-state index is 4.96. The lowest BCUT2D eigenvalue weighted by atomic mass is 10.1. The van der Waals surface area contributed by atoms with Gasteiger partial charge in [0.2, 0.25) is 0 Å². The van der Waals surface area contributed by atoms with Crippen molar-refractivity contribution in [3.05, 3.63) is 59.7 Å². The zero-order valence-corrected chi connectivity index (χ0v) is 16.7. The molecule has 1 atom stereocenters. The predicted molar refractivity (Wildman–Crippen MR) is 112 cm³/mol. The summed E-state index contributed by atoms with van der Waals surface area (Å²) in [7, 11) is 4.40. The molecular weight excluding hydrogens is 306 g/mol. The fourth-order valence-corrected chi connectivity index (χ4v) is 3.31. The maximum Gasteiger partial charge on any atom is 0.309 e. The summed E-state index contributed by atoms with van der Waals surface area (Å²) in [5, 5.41) is 0. The summed E-state index contributed by atoms with van der Waals surface area (Å²) in [6.45, 7) is 11.7. The Morgan fingerprint density at radius 1 is 1.08 bits per heavy atom. The number of para-hydroxylation sites is 1. The minimum absolute atomic E-state index is 0.360. The minimum atomic E-state index is 0.360. The Balaban J connectivity index is 2.63. The van der Waals surface area contributed by atoms with E-state index in [1.165, 1.54) is 22.5 Å². The summed E-state index contributed by atoms with van der Waals surface area (Å²) in [4.78, 5) is 7.21. The van der Waals surface area contributed by atoms with Crippen LogP contribution in [0.1, 0.15) is 31.9 Å². The first-order chi connectivity index (χ1) is 11.8. The van der Waals surface area contributed by atoms with Gasteiger partial charge in [0.25, 0.3) is 0 Å². The third-order valence-electron chi connectivity index (χ3n) is 5.06. The van der Waals surface area contributed by atoms with Crippen LogP contribution in [-0.4, -0.2) is 32.6 Å². The van der Waals surface area contributed by atoms with Crippen molar-refractivity contribution in [1.29, 1.82) is 0 Å². The number of nitrogens with zero attached hydrogens (tertiary/aromatic N) is 3. The monoisotopic (exact) mass is 338 g/mol. The number of aryl methyl sites for hydroxylation is 2. The molecule has 0 aliphatic heterocycles. The topological polar surface area (TPSA) is 15.6 Å². The van der Waals surface area contributed by atoms with Crippen LogP contribution in [0.3, 0.4) is 0 Å². The Hall–Kier alpha value is -2.13. The molecule has 3 nitrogen and oxygen atoms in total. The molecule has 1 unspecified atom stereocenters. The van der Waals surface area contributed by atoms with Gasteiger partial charge in [-0.2, -0.15) is 0 Å². The van der Waals surface area contributed by atoms with Gasteiger partial charge in [-0.3, -0.25) is 4.90 Å². The van der Waals surface area contributed by atoms with Crippen LogP contribution < -0.4 is 9.38 Å². The highest BCUT2D eigenvalue weighted by atomic mass is 15.5. The zero-order valence-electron chi connectivity index (χ0n) is 16.7. The van der Waals surface area contributed by atoms with E-state index in [2.05, 4.69) is 102 Å². The van der Waals surface area contributed by atoms with Gasteiger partial charge in [0, 0.05) is 19.7 Å². The van der Waals surface area contributed by atoms with Crippen molar-refractivity contribution in [3.63, 3.8) is 0 Å². The molecule has 0 amide bonds. The van der Waals surface area contributed by atoms with Crippen LogP contribution in [0, 0.1) is 13.8 Å². The molecule has 0 bridgehead atoms. The van der Waals surface area contributed by atoms with Gasteiger partial charge in [-0.15, -0.1) is 0 Å². The number of rotatable bonds is 4. The Morgan fingerprint density at radius 3 is 2.32 bits per heavy atom. The van der Waals surface area contributed by atoms with E-state index >= 15 is 0 Å². The van der Waals surface area contributed by atoms with Gasteiger partial charge in [-0.25, -0.2) is 9.48 Å². The number of aliphatic imine (C=N–C) groups is 1. The van der Waals surface area contributed by atoms with Crippen molar-refractivity contribution in [1.82, 2.24) is 4.48 Å². The Labute approximate surface area is 153 Å². The van der Waals surface area contributed by atoms with Crippen molar-refractivity contribution in [3.8, 4) is 0 Å². The lowest BCUT2D eigenvalue weighted by molar-refractivity contribution is 0.400. The van der Waals surface area contributed by atoms with E-state index < -0.39 is 0 Å². The second-order valence-corrected chi connectivity index (χ2v) is 7.13. The molecule has 0 fully saturated rings. The molecule has 2 aromatic carbocycles. The number of hydrogen-bond donors (Lipinski definition) is 0. The first-order valence-electron chi connectivity index (χ1n) is 9.10. The summed E-state index contributed by atoms with van der Waals surface area (Å²) in [6.07, 6.45) is 0. The van der Waals surface area contributed by atoms with Crippen molar-refractivity contribution < 1.29 is 0 Å². The van der Waals surface area contributed by atoms with Gasteiger partial charge in [0.05, 0.1) is 18.8 Å². The van der Waals surface area contributed by atoms with Gasteiger partial charge < -0.3 is 0 Å². The molecule has 0 radical (unpaired) electrons. The summed E-state index contributed by atoms with van der Waals surface area (Å²) in [5.41, 5.74) is 5.00. The quantitative estimate of drug-likeness (QED) is 0.427. The molecule has 0 heterocycles. The average molecular weight is 339 g/mol. The second-order valence-electron chi connectivity index (χ2n) is 7.13. The van der Waals surface area contributed by atoms with E-state index in [4.69, 9.17) is 4.99 Å². The van der Waals surface area contributed by atoms with Gasteiger partial charge in [-0.1, -0.05) is 30.3 Å². The molecule has 25 heavy (non-hydrogen) atoms. The number of guanidine groups is 1. The van der Waals surface area contributed by atoms with E-state index in [1.807, 2.05) is 0 Å². The molecule has 2 aromatic rings. The average Bonchev–Trinajstić information content (AvgIpc) is 2.58. The molecule has 0 saturated heterocycles. The number of quaternary nitrogens is 1. The zero-order chi connectivity index (χ0) is 18.6. The molecule has 0 saturated carbocycles. The minimum Gasteiger partial charge on any atom is -0.283 e.